The van der Waals surface area contributed by atoms with Crippen molar-refractivity contribution in [1.29, 1.82) is 0 Å². The third-order valence-corrected chi connectivity index (χ3v) is 5.18. The van der Waals surface area contributed by atoms with Crippen LogP contribution in [-0.4, -0.2) is 37.7 Å². The van der Waals surface area contributed by atoms with Gasteiger partial charge in [-0.05, 0) is 57.0 Å². The summed E-state index contributed by atoms with van der Waals surface area (Å²) in [5.41, 5.74) is 8.08. The molecule has 1 aliphatic carbocycles. The third-order valence-electron chi connectivity index (χ3n) is 5.18. The van der Waals surface area contributed by atoms with Crippen molar-refractivity contribution < 1.29 is 4.74 Å². The van der Waals surface area contributed by atoms with Gasteiger partial charge in [0.15, 0.2) is 0 Å². The number of hydrogen-bond donors (Lipinski definition) is 1. The van der Waals surface area contributed by atoms with Crippen LogP contribution >= 0.6 is 0 Å². The van der Waals surface area contributed by atoms with E-state index in [1.807, 2.05) is 12.1 Å². The topological polar surface area (TPSA) is 38.5 Å². The highest BCUT2D eigenvalue weighted by atomic mass is 16.5. The molecule has 118 valence electrons. The first-order valence-corrected chi connectivity index (χ1v) is 8.04. The lowest BCUT2D eigenvalue weighted by atomic mass is 9.70. The first-order chi connectivity index (χ1) is 9.98. The highest BCUT2D eigenvalue weighted by Gasteiger charge is 2.41. The molecule has 0 saturated heterocycles. The van der Waals surface area contributed by atoms with E-state index in [-0.39, 0.29) is 11.6 Å². The summed E-state index contributed by atoms with van der Waals surface area (Å²) in [7, 11) is 6.08. The maximum atomic E-state index is 6.69. The molecule has 0 bridgehead atoms. The van der Waals surface area contributed by atoms with Gasteiger partial charge in [-0.2, -0.15) is 0 Å². The molecule has 1 aliphatic rings. The van der Waals surface area contributed by atoms with E-state index in [1.54, 1.807) is 7.11 Å². The number of benzene rings is 1. The van der Waals surface area contributed by atoms with E-state index < -0.39 is 0 Å². The molecule has 3 nitrogen and oxygen atoms in total. The molecule has 3 atom stereocenters. The standard InChI is InChI=1S/C18H30N2O/c1-14-7-6-10-18(13-14,20(2)3)17(19)12-15-8-5-9-16(11-15)21-4/h5,8-9,11,14,17H,6-7,10,12-13,19H2,1-4H3. The maximum Gasteiger partial charge on any atom is 0.119 e. The van der Waals surface area contributed by atoms with Crippen LogP contribution in [0.1, 0.15) is 38.2 Å². The van der Waals surface area contributed by atoms with Gasteiger partial charge in [-0.25, -0.2) is 0 Å². The minimum absolute atomic E-state index is 0.126. The first-order valence-electron chi connectivity index (χ1n) is 8.04. The zero-order chi connectivity index (χ0) is 15.5. The van der Waals surface area contributed by atoms with Gasteiger partial charge < -0.3 is 15.4 Å². The summed E-state index contributed by atoms with van der Waals surface area (Å²) >= 11 is 0. The van der Waals surface area contributed by atoms with Gasteiger partial charge in [0.1, 0.15) is 5.75 Å². The molecule has 1 saturated carbocycles. The molecule has 2 rings (SSSR count). The lowest BCUT2D eigenvalue weighted by Gasteiger charge is -2.49. The van der Waals surface area contributed by atoms with Crippen molar-refractivity contribution in [1.82, 2.24) is 4.90 Å². The van der Waals surface area contributed by atoms with Crippen LogP contribution < -0.4 is 10.5 Å². The van der Waals surface area contributed by atoms with Crippen LogP contribution in [0.15, 0.2) is 24.3 Å². The minimum Gasteiger partial charge on any atom is -0.497 e. The normalized spacial score (nSPS) is 27.6. The summed E-state index contributed by atoms with van der Waals surface area (Å²) in [6.45, 7) is 2.36. The Bertz CT molecular complexity index is 460. The average molecular weight is 290 g/mol. The zero-order valence-corrected chi connectivity index (χ0v) is 13.9. The Balaban J connectivity index is 2.16. The van der Waals surface area contributed by atoms with Crippen molar-refractivity contribution in [2.75, 3.05) is 21.2 Å². The molecular formula is C18H30N2O. The van der Waals surface area contributed by atoms with Crippen molar-refractivity contribution in [2.45, 2.75) is 50.6 Å². The van der Waals surface area contributed by atoms with Crippen LogP contribution in [0.2, 0.25) is 0 Å². The second-order valence-corrected chi connectivity index (χ2v) is 6.86. The van der Waals surface area contributed by atoms with Gasteiger partial charge in [-0.1, -0.05) is 31.9 Å². The number of nitrogens with two attached hydrogens (primary N) is 1. The number of methoxy groups -OCH3 is 1. The van der Waals surface area contributed by atoms with E-state index in [0.29, 0.717) is 0 Å². The Kier molecular flexibility index (Phi) is 5.28. The van der Waals surface area contributed by atoms with E-state index >= 15 is 0 Å². The smallest absolute Gasteiger partial charge is 0.119 e. The summed E-state index contributed by atoms with van der Waals surface area (Å²) in [5.74, 6) is 1.67. The largest absolute Gasteiger partial charge is 0.497 e. The third kappa shape index (κ3) is 3.58. The summed E-state index contributed by atoms with van der Waals surface area (Å²) in [6, 6.07) is 8.45. The van der Waals surface area contributed by atoms with Crippen molar-refractivity contribution in [3.05, 3.63) is 29.8 Å². The van der Waals surface area contributed by atoms with Crippen LogP contribution in [-0.2, 0) is 6.42 Å². The summed E-state index contributed by atoms with van der Waals surface area (Å²) in [6.07, 6.45) is 5.93. The van der Waals surface area contributed by atoms with Gasteiger partial charge >= 0.3 is 0 Å². The van der Waals surface area contributed by atoms with Crippen LogP contribution in [0.5, 0.6) is 5.75 Å². The van der Waals surface area contributed by atoms with Crippen LogP contribution in [0.25, 0.3) is 0 Å². The number of hydrogen-bond acceptors (Lipinski definition) is 3. The molecule has 21 heavy (non-hydrogen) atoms. The van der Waals surface area contributed by atoms with E-state index in [9.17, 15) is 0 Å². The maximum absolute atomic E-state index is 6.69. The van der Waals surface area contributed by atoms with E-state index in [1.165, 1.54) is 31.2 Å². The zero-order valence-electron chi connectivity index (χ0n) is 13.9. The Morgan fingerprint density at radius 3 is 2.81 bits per heavy atom. The predicted octanol–water partition coefficient (Wildman–Crippen LogP) is 3.08. The van der Waals surface area contributed by atoms with Gasteiger partial charge in [0.2, 0.25) is 0 Å². The lowest BCUT2D eigenvalue weighted by molar-refractivity contribution is 0.0504. The van der Waals surface area contributed by atoms with Crippen LogP contribution in [0.4, 0.5) is 0 Å². The Hall–Kier alpha value is -1.06. The molecule has 0 spiro atoms. The lowest BCUT2D eigenvalue weighted by Crippen LogP contribution is -2.60. The predicted molar refractivity (Wildman–Crippen MR) is 88.7 cm³/mol. The molecule has 3 unspecified atom stereocenters. The molecule has 3 heteroatoms. The average Bonchev–Trinajstić information content (AvgIpc) is 2.47. The number of ether oxygens (including phenoxy) is 1. The highest BCUT2D eigenvalue weighted by Crippen LogP contribution is 2.38. The monoisotopic (exact) mass is 290 g/mol. The second-order valence-electron chi connectivity index (χ2n) is 6.86. The molecule has 2 N–H and O–H groups in total. The summed E-state index contributed by atoms with van der Waals surface area (Å²) in [5, 5.41) is 0. The highest BCUT2D eigenvalue weighted by molar-refractivity contribution is 5.29. The Labute approximate surface area is 129 Å². The van der Waals surface area contributed by atoms with Crippen molar-refractivity contribution >= 4 is 0 Å². The number of likely N-dealkylation sites (N-methyl/N-ethyl adjacent to an activating group) is 1. The van der Waals surface area contributed by atoms with Crippen LogP contribution in [0, 0.1) is 5.92 Å². The molecular weight excluding hydrogens is 260 g/mol. The summed E-state index contributed by atoms with van der Waals surface area (Å²) in [4.78, 5) is 2.37. The fourth-order valence-electron chi connectivity index (χ4n) is 3.88. The van der Waals surface area contributed by atoms with Gasteiger partial charge in [-0.3, -0.25) is 0 Å². The molecule has 0 aromatic heterocycles. The molecule has 1 fully saturated rings. The minimum atomic E-state index is 0.126. The van der Waals surface area contributed by atoms with Crippen molar-refractivity contribution in [2.24, 2.45) is 11.7 Å². The van der Waals surface area contributed by atoms with E-state index in [4.69, 9.17) is 10.5 Å². The van der Waals surface area contributed by atoms with Crippen LogP contribution in [0.3, 0.4) is 0 Å². The van der Waals surface area contributed by atoms with E-state index in [0.717, 1.165) is 18.1 Å². The van der Waals surface area contributed by atoms with Gasteiger partial charge in [0, 0.05) is 11.6 Å². The number of nitrogens with zero attached hydrogens (tertiary/aromatic N) is 1. The molecule has 1 aromatic carbocycles. The van der Waals surface area contributed by atoms with Gasteiger partial charge in [0.25, 0.3) is 0 Å². The fraction of sp³-hybridized carbons (Fsp3) is 0.667. The van der Waals surface area contributed by atoms with Gasteiger partial charge in [0.05, 0.1) is 7.11 Å². The SMILES string of the molecule is COc1cccc(CC(N)C2(N(C)C)CCCC(C)C2)c1. The molecule has 0 amide bonds. The first kappa shape index (κ1) is 16.3. The van der Waals surface area contributed by atoms with Gasteiger partial charge in [-0.15, -0.1) is 0 Å². The molecule has 0 radical (unpaired) electrons. The Morgan fingerprint density at radius 2 is 2.19 bits per heavy atom. The van der Waals surface area contributed by atoms with Crippen molar-refractivity contribution in [3.8, 4) is 5.75 Å². The number of rotatable bonds is 5. The Morgan fingerprint density at radius 1 is 1.43 bits per heavy atom. The summed E-state index contributed by atoms with van der Waals surface area (Å²) < 4.78 is 5.32. The molecule has 0 heterocycles. The second kappa shape index (κ2) is 6.80. The fourth-order valence-corrected chi connectivity index (χ4v) is 3.88. The molecule has 1 aromatic rings. The quantitative estimate of drug-likeness (QED) is 0.905. The molecule has 0 aliphatic heterocycles. The van der Waals surface area contributed by atoms with Crippen molar-refractivity contribution in [3.63, 3.8) is 0 Å². The van der Waals surface area contributed by atoms with E-state index in [2.05, 4.69) is 38.1 Å².